The fourth-order valence-corrected chi connectivity index (χ4v) is 4.20. The van der Waals surface area contributed by atoms with Gasteiger partial charge >= 0.3 is 5.97 Å². The summed E-state index contributed by atoms with van der Waals surface area (Å²) in [7, 11) is 3.09. The molecule has 0 radical (unpaired) electrons. The maximum absolute atomic E-state index is 12.8. The Morgan fingerprint density at radius 2 is 1.90 bits per heavy atom. The molecule has 8 nitrogen and oxygen atoms in total. The number of nitrogens with zero attached hydrogens (tertiary/aromatic N) is 1. The van der Waals surface area contributed by atoms with E-state index in [9.17, 15) is 9.59 Å². The summed E-state index contributed by atoms with van der Waals surface area (Å²) in [4.78, 5) is 30.7. The standard InChI is InChI=1S/C23H33N3O5/c1-6-31-22(28)21-20(15-12-17(29-4)18(30-5)13-16(15)24-21)25-19(27)8-11-26-10-7-9-23(2,3)14-26/h12-13,24H,6-11,14H2,1-5H3,(H,25,27). The number of rotatable bonds is 8. The molecule has 1 aliphatic rings. The molecule has 0 spiro atoms. The van der Waals surface area contributed by atoms with E-state index in [2.05, 4.69) is 29.0 Å². The summed E-state index contributed by atoms with van der Waals surface area (Å²) in [6.45, 7) is 9.18. The lowest BCUT2D eigenvalue weighted by Crippen LogP contribution is -2.41. The molecular formula is C23H33N3O5. The monoisotopic (exact) mass is 431 g/mol. The molecule has 1 aromatic carbocycles. The average Bonchev–Trinajstić information content (AvgIpc) is 3.08. The third kappa shape index (κ3) is 5.31. The van der Waals surface area contributed by atoms with Crippen molar-refractivity contribution in [2.45, 2.75) is 40.0 Å². The predicted octanol–water partition coefficient (Wildman–Crippen LogP) is 3.81. The lowest BCUT2D eigenvalue weighted by Gasteiger charge is -2.37. The summed E-state index contributed by atoms with van der Waals surface area (Å²) in [5, 5.41) is 3.59. The highest BCUT2D eigenvalue weighted by molar-refractivity contribution is 6.11. The van der Waals surface area contributed by atoms with Crippen LogP contribution in [0.4, 0.5) is 5.69 Å². The minimum absolute atomic E-state index is 0.149. The molecule has 8 heteroatoms. The number of carbonyl (C=O) groups excluding carboxylic acids is 2. The van der Waals surface area contributed by atoms with Gasteiger partial charge in [0.1, 0.15) is 5.69 Å². The van der Waals surface area contributed by atoms with Crippen molar-refractivity contribution >= 4 is 28.5 Å². The van der Waals surface area contributed by atoms with Crippen LogP contribution in [0.1, 0.15) is 50.5 Å². The Labute approximate surface area is 183 Å². The van der Waals surface area contributed by atoms with Gasteiger partial charge in [-0.3, -0.25) is 4.79 Å². The Hall–Kier alpha value is -2.74. The number of nitrogens with one attached hydrogen (secondary N) is 2. The molecule has 0 unspecified atom stereocenters. The zero-order valence-corrected chi connectivity index (χ0v) is 19.1. The van der Waals surface area contributed by atoms with Crippen LogP contribution in [-0.2, 0) is 9.53 Å². The van der Waals surface area contributed by atoms with Crippen LogP contribution in [0.15, 0.2) is 12.1 Å². The van der Waals surface area contributed by atoms with Gasteiger partial charge in [0.2, 0.25) is 5.91 Å². The molecule has 1 aliphatic heterocycles. The second-order valence-corrected chi connectivity index (χ2v) is 8.69. The van der Waals surface area contributed by atoms with Crippen LogP contribution in [0.3, 0.4) is 0 Å². The Morgan fingerprint density at radius 3 is 2.55 bits per heavy atom. The number of hydrogen-bond donors (Lipinski definition) is 2. The number of benzene rings is 1. The lowest BCUT2D eigenvalue weighted by atomic mass is 9.84. The van der Waals surface area contributed by atoms with Crippen LogP contribution in [0.2, 0.25) is 0 Å². The van der Waals surface area contributed by atoms with Gasteiger partial charge in [-0.2, -0.15) is 0 Å². The van der Waals surface area contributed by atoms with Gasteiger partial charge in [0.25, 0.3) is 0 Å². The lowest BCUT2D eigenvalue weighted by molar-refractivity contribution is -0.116. The third-order valence-corrected chi connectivity index (χ3v) is 5.68. The number of anilines is 1. The van der Waals surface area contributed by atoms with Crippen molar-refractivity contribution in [2.75, 3.05) is 45.8 Å². The van der Waals surface area contributed by atoms with Crippen LogP contribution >= 0.6 is 0 Å². The van der Waals surface area contributed by atoms with Crippen molar-refractivity contribution < 1.29 is 23.8 Å². The second-order valence-electron chi connectivity index (χ2n) is 8.69. The number of likely N-dealkylation sites (tertiary alicyclic amines) is 1. The maximum Gasteiger partial charge on any atom is 0.356 e. The van der Waals surface area contributed by atoms with E-state index >= 15 is 0 Å². The summed E-state index contributed by atoms with van der Waals surface area (Å²) in [6.07, 6.45) is 2.70. The number of aromatic amines is 1. The quantitative estimate of drug-likeness (QED) is 0.618. The first-order valence-corrected chi connectivity index (χ1v) is 10.7. The number of methoxy groups -OCH3 is 2. The molecular weight excluding hydrogens is 398 g/mol. The Balaban J connectivity index is 1.83. The molecule has 2 N–H and O–H groups in total. The fourth-order valence-electron chi connectivity index (χ4n) is 4.20. The number of amides is 1. The van der Waals surface area contributed by atoms with Gasteiger partial charge < -0.3 is 29.4 Å². The van der Waals surface area contributed by atoms with E-state index in [0.29, 0.717) is 41.1 Å². The van der Waals surface area contributed by atoms with Crippen molar-refractivity contribution in [1.29, 1.82) is 0 Å². The molecule has 3 rings (SSSR count). The van der Waals surface area contributed by atoms with E-state index in [-0.39, 0.29) is 23.6 Å². The van der Waals surface area contributed by atoms with E-state index < -0.39 is 5.97 Å². The predicted molar refractivity (Wildman–Crippen MR) is 120 cm³/mol. The van der Waals surface area contributed by atoms with Crippen LogP contribution < -0.4 is 14.8 Å². The summed E-state index contributed by atoms with van der Waals surface area (Å²) >= 11 is 0. The zero-order valence-electron chi connectivity index (χ0n) is 19.1. The van der Waals surface area contributed by atoms with E-state index in [1.165, 1.54) is 6.42 Å². The Kier molecular flexibility index (Phi) is 7.10. The first kappa shape index (κ1) is 22.9. The van der Waals surface area contributed by atoms with Gasteiger partial charge in [0.05, 0.1) is 32.0 Å². The van der Waals surface area contributed by atoms with Crippen molar-refractivity contribution in [1.82, 2.24) is 9.88 Å². The number of piperidine rings is 1. The minimum Gasteiger partial charge on any atom is -0.493 e. The van der Waals surface area contributed by atoms with Gasteiger partial charge in [-0.25, -0.2) is 4.79 Å². The number of aromatic nitrogens is 1. The normalized spacial score (nSPS) is 16.2. The molecule has 1 aromatic heterocycles. The largest absolute Gasteiger partial charge is 0.493 e. The van der Waals surface area contributed by atoms with Gasteiger partial charge in [-0.05, 0) is 37.8 Å². The third-order valence-electron chi connectivity index (χ3n) is 5.68. The van der Waals surface area contributed by atoms with Crippen LogP contribution in [0, 0.1) is 5.41 Å². The molecule has 31 heavy (non-hydrogen) atoms. The number of H-pyrrole nitrogens is 1. The highest BCUT2D eigenvalue weighted by Crippen LogP contribution is 2.37. The average molecular weight is 432 g/mol. The molecule has 1 saturated heterocycles. The van der Waals surface area contributed by atoms with Crippen LogP contribution in [0.5, 0.6) is 11.5 Å². The van der Waals surface area contributed by atoms with Crippen molar-refractivity contribution in [3.8, 4) is 11.5 Å². The summed E-state index contributed by atoms with van der Waals surface area (Å²) in [5.74, 6) is 0.363. The fraction of sp³-hybridized carbons (Fsp3) is 0.565. The first-order chi connectivity index (χ1) is 14.8. The van der Waals surface area contributed by atoms with E-state index in [1.807, 2.05) is 0 Å². The van der Waals surface area contributed by atoms with Crippen molar-refractivity contribution in [2.24, 2.45) is 5.41 Å². The summed E-state index contributed by atoms with van der Waals surface area (Å²) < 4.78 is 15.9. The molecule has 0 saturated carbocycles. The molecule has 170 valence electrons. The number of ether oxygens (including phenoxy) is 3. The number of hydrogen-bond acceptors (Lipinski definition) is 6. The number of fused-ring (bicyclic) bond motifs is 1. The van der Waals surface area contributed by atoms with E-state index in [4.69, 9.17) is 14.2 Å². The van der Waals surface area contributed by atoms with Crippen LogP contribution in [-0.4, -0.2) is 62.2 Å². The molecule has 0 bridgehead atoms. The SMILES string of the molecule is CCOC(=O)c1[nH]c2cc(OC)c(OC)cc2c1NC(=O)CCN1CCCC(C)(C)C1. The topological polar surface area (TPSA) is 92.9 Å². The minimum atomic E-state index is -0.523. The molecule has 0 aliphatic carbocycles. The Bertz CT molecular complexity index is 950. The maximum atomic E-state index is 12.8. The molecule has 0 atom stereocenters. The number of carbonyl (C=O) groups is 2. The summed E-state index contributed by atoms with van der Waals surface area (Å²) in [6, 6.07) is 3.48. The van der Waals surface area contributed by atoms with Gasteiger partial charge in [0, 0.05) is 31.0 Å². The smallest absolute Gasteiger partial charge is 0.356 e. The highest BCUT2D eigenvalue weighted by atomic mass is 16.5. The van der Waals surface area contributed by atoms with Crippen LogP contribution in [0.25, 0.3) is 10.9 Å². The van der Waals surface area contributed by atoms with Gasteiger partial charge in [-0.15, -0.1) is 0 Å². The summed E-state index contributed by atoms with van der Waals surface area (Å²) in [5.41, 5.74) is 1.53. The van der Waals surface area contributed by atoms with E-state index in [1.54, 1.807) is 33.3 Å². The molecule has 1 amide bonds. The molecule has 2 heterocycles. The Morgan fingerprint density at radius 1 is 1.19 bits per heavy atom. The highest BCUT2D eigenvalue weighted by Gasteiger charge is 2.27. The molecule has 2 aromatic rings. The second kappa shape index (κ2) is 9.60. The molecule has 1 fully saturated rings. The van der Waals surface area contributed by atoms with E-state index in [0.717, 1.165) is 19.5 Å². The number of esters is 1. The van der Waals surface area contributed by atoms with Crippen molar-refractivity contribution in [3.05, 3.63) is 17.8 Å². The van der Waals surface area contributed by atoms with Crippen molar-refractivity contribution in [3.63, 3.8) is 0 Å². The first-order valence-electron chi connectivity index (χ1n) is 10.7. The van der Waals surface area contributed by atoms with Gasteiger partial charge in [-0.1, -0.05) is 13.8 Å². The van der Waals surface area contributed by atoms with Gasteiger partial charge in [0.15, 0.2) is 11.5 Å². The zero-order chi connectivity index (χ0) is 22.6.